The van der Waals surface area contributed by atoms with Crippen LogP contribution in [0.2, 0.25) is 0 Å². The van der Waals surface area contributed by atoms with Gasteiger partial charge in [0, 0.05) is 10.6 Å². The molecule has 0 fully saturated rings. The molecule has 4 nitrogen and oxygen atoms in total. The average molecular weight is 246 g/mol. The van der Waals surface area contributed by atoms with Crippen LogP contribution in [0.4, 0.5) is 5.69 Å². The van der Waals surface area contributed by atoms with Gasteiger partial charge in [0.05, 0.1) is 4.90 Å². The summed E-state index contributed by atoms with van der Waals surface area (Å²) < 4.78 is 25.6. The van der Waals surface area contributed by atoms with Crippen molar-refractivity contribution in [3.8, 4) is 0 Å². The zero-order chi connectivity index (χ0) is 11.5. The van der Waals surface area contributed by atoms with E-state index in [0.29, 0.717) is 5.69 Å². The van der Waals surface area contributed by atoms with Crippen molar-refractivity contribution in [1.82, 2.24) is 4.72 Å². The molecule has 0 aromatic heterocycles. The van der Waals surface area contributed by atoms with Crippen LogP contribution in [0, 0.1) is 0 Å². The standard InChI is InChI=1S/C9H14N2O2S2/c1-3-14-8-5-4-7(10)6-9(8)15(12,13)11-2/h4-6,11H,3,10H2,1-2H3. The normalized spacial score (nSPS) is 11.6. The van der Waals surface area contributed by atoms with E-state index in [9.17, 15) is 8.42 Å². The number of nitrogens with one attached hydrogen (secondary N) is 1. The lowest BCUT2D eigenvalue weighted by molar-refractivity contribution is 0.586. The van der Waals surface area contributed by atoms with Crippen molar-refractivity contribution in [2.45, 2.75) is 16.7 Å². The largest absolute Gasteiger partial charge is 0.399 e. The van der Waals surface area contributed by atoms with Crippen molar-refractivity contribution in [2.75, 3.05) is 18.5 Å². The van der Waals surface area contributed by atoms with Crippen LogP contribution >= 0.6 is 11.8 Å². The summed E-state index contributed by atoms with van der Waals surface area (Å²) in [6.07, 6.45) is 0. The molecule has 1 aromatic carbocycles. The lowest BCUT2D eigenvalue weighted by atomic mass is 10.3. The molecule has 0 aliphatic heterocycles. The van der Waals surface area contributed by atoms with Gasteiger partial charge < -0.3 is 5.73 Å². The number of sulfonamides is 1. The number of nitrogens with two attached hydrogens (primary N) is 1. The van der Waals surface area contributed by atoms with Gasteiger partial charge in [-0.15, -0.1) is 11.8 Å². The molecule has 0 aliphatic rings. The number of rotatable bonds is 4. The number of benzene rings is 1. The smallest absolute Gasteiger partial charge is 0.241 e. The third kappa shape index (κ3) is 2.87. The minimum absolute atomic E-state index is 0.247. The van der Waals surface area contributed by atoms with Crippen molar-refractivity contribution in [3.05, 3.63) is 18.2 Å². The zero-order valence-corrected chi connectivity index (χ0v) is 10.3. The monoisotopic (exact) mass is 246 g/mol. The second-order valence-corrected chi connectivity index (χ2v) is 6.01. The fraction of sp³-hybridized carbons (Fsp3) is 0.333. The molecule has 0 heterocycles. The van der Waals surface area contributed by atoms with E-state index in [1.807, 2.05) is 6.92 Å². The Labute approximate surface area is 94.3 Å². The minimum atomic E-state index is -3.42. The summed E-state index contributed by atoms with van der Waals surface area (Å²) in [5.74, 6) is 0.816. The summed E-state index contributed by atoms with van der Waals surface area (Å²) in [4.78, 5) is 0.970. The highest BCUT2D eigenvalue weighted by Crippen LogP contribution is 2.27. The van der Waals surface area contributed by atoms with Gasteiger partial charge >= 0.3 is 0 Å². The predicted octanol–water partition coefficient (Wildman–Crippen LogP) is 1.29. The first-order valence-electron chi connectivity index (χ1n) is 4.47. The topological polar surface area (TPSA) is 72.2 Å². The molecule has 0 radical (unpaired) electrons. The lowest BCUT2D eigenvalue weighted by Crippen LogP contribution is -2.19. The van der Waals surface area contributed by atoms with Crippen LogP contribution < -0.4 is 10.5 Å². The van der Waals surface area contributed by atoms with E-state index >= 15 is 0 Å². The Hall–Kier alpha value is -0.720. The van der Waals surface area contributed by atoms with Crippen LogP contribution in [0.15, 0.2) is 28.0 Å². The molecule has 84 valence electrons. The van der Waals surface area contributed by atoms with Gasteiger partial charge in [0.25, 0.3) is 0 Å². The summed E-state index contributed by atoms with van der Waals surface area (Å²) in [6.45, 7) is 1.97. The number of anilines is 1. The molecule has 0 atom stereocenters. The minimum Gasteiger partial charge on any atom is -0.399 e. The molecule has 1 aromatic rings. The predicted molar refractivity (Wildman–Crippen MR) is 63.5 cm³/mol. The molecule has 1 rings (SSSR count). The highest BCUT2D eigenvalue weighted by molar-refractivity contribution is 8.00. The molecule has 15 heavy (non-hydrogen) atoms. The molecule has 0 unspecified atom stereocenters. The second-order valence-electron chi connectivity index (χ2n) is 2.85. The van der Waals surface area contributed by atoms with Crippen LogP contribution in [-0.2, 0) is 10.0 Å². The van der Waals surface area contributed by atoms with E-state index in [0.717, 1.165) is 10.6 Å². The van der Waals surface area contributed by atoms with Crippen LogP contribution in [0.5, 0.6) is 0 Å². The van der Waals surface area contributed by atoms with E-state index in [4.69, 9.17) is 5.73 Å². The molecule has 0 spiro atoms. The Morgan fingerprint density at radius 3 is 2.67 bits per heavy atom. The molecule has 0 aliphatic carbocycles. The Balaban J connectivity index is 3.31. The maximum atomic E-state index is 11.7. The third-order valence-corrected chi connectivity index (χ3v) is 4.36. The quantitative estimate of drug-likeness (QED) is 0.620. The van der Waals surface area contributed by atoms with Crippen molar-refractivity contribution >= 4 is 27.5 Å². The molecule has 0 saturated carbocycles. The van der Waals surface area contributed by atoms with Crippen LogP contribution in [-0.4, -0.2) is 21.2 Å². The molecule has 6 heteroatoms. The van der Waals surface area contributed by atoms with E-state index < -0.39 is 10.0 Å². The van der Waals surface area contributed by atoms with Gasteiger partial charge in [-0.1, -0.05) is 6.92 Å². The summed E-state index contributed by atoms with van der Waals surface area (Å²) in [5.41, 5.74) is 6.02. The molecule has 0 amide bonds. The summed E-state index contributed by atoms with van der Waals surface area (Å²) >= 11 is 1.48. The first-order chi connectivity index (χ1) is 7.01. The second kappa shape index (κ2) is 4.87. The summed E-state index contributed by atoms with van der Waals surface area (Å²) in [5, 5.41) is 0. The van der Waals surface area contributed by atoms with E-state index in [1.165, 1.54) is 24.9 Å². The van der Waals surface area contributed by atoms with Gasteiger partial charge in [-0.3, -0.25) is 0 Å². The van der Waals surface area contributed by atoms with Crippen molar-refractivity contribution in [1.29, 1.82) is 0 Å². The maximum Gasteiger partial charge on any atom is 0.241 e. The Morgan fingerprint density at radius 1 is 1.47 bits per heavy atom. The molecule has 0 bridgehead atoms. The number of thioether (sulfide) groups is 1. The summed E-state index contributed by atoms with van der Waals surface area (Å²) in [6, 6.07) is 4.91. The van der Waals surface area contributed by atoms with Crippen molar-refractivity contribution < 1.29 is 8.42 Å². The fourth-order valence-electron chi connectivity index (χ4n) is 1.12. The van der Waals surface area contributed by atoms with Crippen LogP contribution in [0.3, 0.4) is 0 Å². The van der Waals surface area contributed by atoms with Gasteiger partial charge in [-0.25, -0.2) is 13.1 Å². The molecule has 0 saturated heterocycles. The van der Waals surface area contributed by atoms with Gasteiger partial charge in [0.2, 0.25) is 10.0 Å². The lowest BCUT2D eigenvalue weighted by Gasteiger charge is -2.09. The van der Waals surface area contributed by atoms with Crippen molar-refractivity contribution in [2.24, 2.45) is 0 Å². The van der Waals surface area contributed by atoms with Gasteiger partial charge in [0.1, 0.15) is 0 Å². The van der Waals surface area contributed by atoms with Gasteiger partial charge in [0.15, 0.2) is 0 Å². The first kappa shape index (κ1) is 12.4. The Morgan fingerprint density at radius 2 is 2.13 bits per heavy atom. The maximum absolute atomic E-state index is 11.7. The zero-order valence-electron chi connectivity index (χ0n) is 8.65. The highest BCUT2D eigenvalue weighted by Gasteiger charge is 2.16. The number of hydrogen-bond donors (Lipinski definition) is 2. The molecular weight excluding hydrogens is 232 g/mol. The Bertz CT molecular complexity index is 443. The summed E-state index contributed by atoms with van der Waals surface area (Å²) in [7, 11) is -2.04. The third-order valence-electron chi connectivity index (χ3n) is 1.83. The van der Waals surface area contributed by atoms with Gasteiger partial charge in [-0.2, -0.15) is 0 Å². The first-order valence-corrected chi connectivity index (χ1v) is 6.94. The van der Waals surface area contributed by atoms with Crippen molar-refractivity contribution in [3.63, 3.8) is 0 Å². The van der Waals surface area contributed by atoms with E-state index in [2.05, 4.69) is 4.72 Å². The van der Waals surface area contributed by atoms with E-state index in [-0.39, 0.29) is 4.90 Å². The van der Waals surface area contributed by atoms with Crippen LogP contribution in [0.1, 0.15) is 6.92 Å². The number of nitrogen functional groups attached to an aromatic ring is 1. The molecular formula is C9H14N2O2S2. The highest BCUT2D eigenvalue weighted by atomic mass is 32.2. The van der Waals surface area contributed by atoms with Gasteiger partial charge in [-0.05, 0) is 31.0 Å². The number of hydrogen-bond acceptors (Lipinski definition) is 4. The SMILES string of the molecule is CCSc1ccc(N)cc1S(=O)(=O)NC. The fourth-order valence-corrected chi connectivity index (χ4v) is 3.15. The Kier molecular flexibility index (Phi) is 4.01. The molecule has 3 N–H and O–H groups in total. The average Bonchev–Trinajstić information content (AvgIpc) is 2.21. The van der Waals surface area contributed by atoms with Crippen LogP contribution in [0.25, 0.3) is 0 Å². The van der Waals surface area contributed by atoms with E-state index in [1.54, 1.807) is 12.1 Å².